The highest BCUT2D eigenvalue weighted by molar-refractivity contribution is 4.76. The van der Waals surface area contributed by atoms with Crippen LogP contribution in [0.4, 0.5) is 0 Å². The molecule has 0 radical (unpaired) electrons. The maximum atomic E-state index is 2.39. The van der Waals surface area contributed by atoms with Gasteiger partial charge < -0.3 is 0 Å². The largest absolute Gasteiger partial charge is 0.0683 e. The van der Waals surface area contributed by atoms with Crippen molar-refractivity contribution in [3.8, 4) is 0 Å². The lowest BCUT2D eigenvalue weighted by Crippen LogP contribution is -2.19. The van der Waals surface area contributed by atoms with Crippen molar-refractivity contribution in [1.29, 1.82) is 0 Å². The minimum absolute atomic E-state index is 0.659. The van der Waals surface area contributed by atoms with Crippen LogP contribution in [0.3, 0.4) is 0 Å². The highest BCUT2D eigenvalue weighted by atomic mass is 14.3. The van der Waals surface area contributed by atoms with Gasteiger partial charge in [-0.3, -0.25) is 0 Å². The van der Waals surface area contributed by atoms with Gasteiger partial charge in [0.1, 0.15) is 0 Å². The quantitative estimate of drug-likeness (QED) is 0.445. The summed E-state index contributed by atoms with van der Waals surface area (Å²) in [5.41, 5.74) is 0.659. The summed E-state index contributed by atoms with van der Waals surface area (Å²) in [6.45, 7) is 19.1. The second kappa shape index (κ2) is 14.0. The van der Waals surface area contributed by atoms with Gasteiger partial charge in [0.2, 0.25) is 0 Å². The first-order valence-corrected chi connectivity index (χ1v) is 7.10. The summed E-state index contributed by atoms with van der Waals surface area (Å²) in [5.74, 6) is 0.998. The summed E-state index contributed by atoms with van der Waals surface area (Å²) >= 11 is 0. The lowest BCUT2D eigenvalue weighted by Gasteiger charge is -2.32. The molecule has 0 N–H and O–H groups in total. The van der Waals surface area contributed by atoms with Crippen LogP contribution in [-0.2, 0) is 0 Å². The Bertz CT molecular complexity index is 82.2. The third kappa shape index (κ3) is 14.0. The highest BCUT2D eigenvalue weighted by Gasteiger charge is 2.23. The van der Waals surface area contributed by atoms with Gasteiger partial charge in [0, 0.05) is 0 Å². The van der Waals surface area contributed by atoms with Gasteiger partial charge in [-0.25, -0.2) is 0 Å². The van der Waals surface area contributed by atoms with Crippen LogP contribution in [0.5, 0.6) is 0 Å². The standard InChI is InChI=1S/C9H18.3C2H6/c1-8-4-6-9(2,3)7-5-8;3*1-2/h8H,4-7H2,1-3H3;3*1-2H3. The van der Waals surface area contributed by atoms with Crippen molar-refractivity contribution >= 4 is 0 Å². The monoisotopic (exact) mass is 216 g/mol. The highest BCUT2D eigenvalue weighted by Crippen LogP contribution is 2.37. The minimum Gasteiger partial charge on any atom is -0.0683 e. The van der Waals surface area contributed by atoms with Gasteiger partial charge >= 0.3 is 0 Å². The van der Waals surface area contributed by atoms with Crippen molar-refractivity contribution in [2.75, 3.05) is 0 Å². The van der Waals surface area contributed by atoms with Crippen LogP contribution in [0.25, 0.3) is 0 Å². The van der Waals surface area contributed by atoms with Crippen molar-refractivity contribution in [2.45, 2.75) is 88.0 Å². The Morgan fingerprint density at radius 1 is 0.733 bits per heavy atom. The van der Waals surface area contributed by atoms with Gasteiger partial charge in [0.15, 0.2) is 0 Å². The molecule has 0 aromatic rings. The molecule has 0 atom stereocenters. The molecule has 0 heterocycles. The zero-order valence-electron chi connectivity index (χ0n) is 12.9. The lowest BCUT2D eigenvalue weighted by molar-refractivity contribution is 0.201. The summed E-state index contributed by atoms with van der Waals surface area (Å²) < 4.78 is 0. The van der Waals surface area contributed by atoms with Crippen LogP contribution < -0.4 is 0 Å². The Labute approximate surface area is 99.9 Å². The normalized spacial score (nSPS) is 18.2. The molecule has 96 valence electrons. The van der Waals surface area contributed by atoms with E-state index in [0.717, 1.165) is 5.92 Å². The molecule has 15 heavy (non-hydrogen) atoms. The topological polar surface area (TPSA) is 0 Å². The number of rotatable bonds is 0. The van der Waals surface area contributed by atoms with E-state index < -0.39 is 0 Å². The van der Waals surface area contributed by atoms with E-state index in [2.05, 4.69) is 20.8 Å². The van der Waals surface area contributed by atoms with E-state index in [1.807, 2.05) is 41.5 Å². The summed E-state index contributed by atoms with van der Waals surface area (Å²) in [5, 5.41) is 0. The van der Waals surface area contributed by atoms with Gasteiger partial charge in [0.05, 0.1) is 0 Å². The van der Waals surface area contributed by atoms with Crippen LogP contribution in [0.1, 0.15) is 88.0 Å². The van der Waals surface area contributed by atoms with Gasteiger partial charge in [-0.1, -0.05) is 75.2 Å². The van der Waals surface area contributed by atoms with Crippen molar-refractivity contribution in [2.24, 2.45) is 11.3 Å². The van der Waals surface area contributed by atoms with E-state index >= 15 is 0 Å². The molecule has 0 amide bonds. The van der Waals surface area contributed by atoms with E-state index in [1.165, 1.54) is 25.7 Å². The average molecular weight is 216 g/mol. The molecule has 0 saturated heterocycles. The van der Waals surface area contributed by atoms with Crippen molar-refractivity contribution < 1.29 is 0 Å². The van der Waals surface area contributed by atoms with E-state index in [4.69, 9.17) is 0 Å². The first-order chi connectivity index (χ1) is 7.10. The summed E-state index contributed by atoms with van der Waals surface area (Å²) in [4.78, 5) is 0. The molecule has 1 aliphatic rings. The second-order valence-corrected chi connectivity index (χ2v) is 4.35. The van der Waals surface area contributed by atoms with E-state index in [1.54, 1.807) is 0 Å². The van der Waals surface area contributed by atoms with Crippen molar-refractivity contribution in [3.05, 3.63) is 0 Å². The molecule has 0 spiro atoms. The number of hydrogen-bond acceptors (Lipinski definition) is 0. The van der Waals surface area contributed by atoms with Crippen LogP contribution in [0.15, 0.2) is 0 Å². The SMILES string of the molecule is CC.CC.CC.CC1CCC(C)(C)CC1. The Morgan fingerprint density at radius 3 is 1.20 bits per heavy atom. The van der Waals surface area contributed by atoms with Gasteiger partial charge in [-0.05, 0) is 24.2 Å². The maximum absolute atomic E-state index is 2.39. The zero-order valence-corrected chi connectivity index (χ0v) is 12.9. The van der Waals surface area contributed by atoms with Gasteiger partial charge in [-0.2, -0.15) is 0 Å². The molecular weight excluding hydrogens is 180 g/mol. The molecule has 0 nitrogen and oxygen atoms in total. The first kappa shape index (κ1) is 20.4. The lowest BCUT2D eigenvalue weighted by atomic mass is 9.74. The summed E-state index contributed by atoms with van der Waals surface area (Å²) in [6, 6.07) is 0. The predicted molar refractivity (Wildman–Crippen MR) is 75.5 cm³/mol. The molecule has 1 fully saturated rings. The van der Waals surface area contributed by atoms with E-state index in [9.17, 15) is 0 Å². The average Bonchev–Trinajstić information content (AvgIpc) is 2.31. The molecule has 0 aliphatic heterocycles. The third-order valence-corrected chi connectivity index (χ3v) is 2.63. The fourth-order valence-corrected chi connectivity index (χ4v) is 1.54. The summed E-state index contributed by atoms with van der Waals surface area (Å²) in [7, 11) is 0. The fraction of sp³-hybridized carbons (Fsp3) is 1.00. The summed E-state index contributed by atoms with van der Waals surface area (Å²) in [6.07, 6.45) is 5.78. The van der Waals surface area contributed by atoms with Crippen LogP contribution >= 0.6 is 0 Å². The molecule has 1 aliphatic carbocycles. The predicted octanol–water partition coefficient (Wildman–Crippen LogP) is 6.30. The molecule has 0 bridgehead atoms. The molecule has 1 rings (SSSR count). The van der Waals surface area contributed by atoms with Crippen LogP contribution in [-0.4, -0.2) is 0 Å². The Morgan fingerprint density at radius 2 is 1.00 bits per heavy atom. The first-order valence-electron chi connectivity index (χ1n) is 7.10. The van der Waals surface area contributed by atoms with Gasteiger partial charge in [-0.15, -0.1) is 0 Å². The van der Waals surface area contributed by atoms with E-state index in [0.29, 0.717) is 5.41 Å². The van der Waals surface area contributed by atoms with Crippen molar-refractivity contribution in [1.82, 2.24) is 0 Å². The fourth-order valence-electron chi connectivity index (χ4n) is 1.54. The smallest absolute Gasteiger partial charge is 0.0354 e. The second-order valence-electron chi connectivity index (χ2n) is 4.35. The Kier molecular flexibility index (Phi) is 19.1. The minimum atomic E-state index is 0.659. The zero-order chi connectivity index (χ0) is 12.9. The Hall–Kier alpha value is 0. The Balaban J connectivity index is -0.000000208. The molecule has 0 aromatic heterocycles. The molecular formula is C15H36. The van der Waals surface area contributed by atoms with Gasteiger partial charge in [0.25, 0.3) is 0 Å². The molecule has 0 heteroatoms. The number of hydrogen-bond donors (Lipinski definition) is 0. The molecule has 0 unspecified atom stereocenters. The third-order valence-electron chi connectivity index (χ3n) is 2.63. The van der Waals surface area contributed by atoms with Crippen LogP contribution in [0.2, 0.25) is 0 Å². The van der Waals surface area contributed by atoms with Crippen molar-refractivity contribution in [3.63, 3.8) is 0 Å². The molecule has 1 saturated carbocycles. The maximum Gasteiger partial charge on any atom is -0.0354 e. The van der Waals surface area contributed by atoms with Crippen LogP contribution in [0, 0.1) is 11.3 Å². The van der Waals surface area contributed by atoms with E-state index in [-0.39, 0.29) is 0 Å². The molecule has 0 aromatic carbocycles.